The van der Waals surface area contributed by atoms with Crippen LogP contribution in [0, 0.1) is 0 Å². The fourth-order valence-corrected chi connectivity index (χ4v) is 4.70. The van der Waals surface area contributed by atoms with Crippen LogP contribution < -0.4 is 10.1 Å². The van der Waals surface area contributed by atoms with Gasteiger partial charge in [-0.15, -0.1) is 0 Å². The lowest BCUT2D eigenvalue weighted by atomic mass is 10.1. The van der Waals surface area contributed by atoms with E-state index in [1.54, 1.807) is 15.8 Å². The molecule has 1 fully saturated rings. The Bertz CT molecular complexity index is 1580. The molecule has 0 bridgehead atoms. The third-order valence-corrected chi connectivity index (χ3v) is 6.80. The number of hydrogen-bond donors (Lipinski definition) is 1. The van der Waals surface area contributed by atoms with Gasteiger partial charge in [0.2, 0.25) is 0 Å². The van der Waals surface area contributed by atoms with Crippen molar-refractivity contribution in [3.05, 3.63) is 79.1 Å². The van der Waals surface area contributed by atoms with Crippen LogP contribution in [0.1, 0.15) is 12.0 Å². The zero-order valence-corrected chi connectivity index (χ0v) is 21.5. The summed E-state index contributed by atoms with van der Waals surface area (Å²) in [5.41, 5.74) is 5.59. The molecule has 0 radical (unpaired) electrons. The van der Waals surface area contributed by atoms with E-state index in [1.165, 1.54) is 6.33 Å². The van der Waals surface area contributed by atoms with Crippen LogP contribution >= 0.6 is 0 Å². The van der Waals surface area contributed by atoms with Crippen molar-refractivity contribution in [1.82, 2.24) is 34.0 Å². The summed E-state index contributed by atoms with van der Waals surface area (Å²) in [5, 5.41) is 7.60. The number of imidazole rings is 1. The van der Waals surface area contributed by atoms with Gasteiger partial charge >= 0.3 is 0 Å². The summed E-state index contributed by atoms with van der Waals surface area (Å²) in [6.07, 6.45) is 8.92. The normalized spacial score (nSPS) is 15.2. The average Bonchev–Trinajstić information content (AvgIpc) is 3.66. The minimum atomic E-state index is -2.59. The molecular weight excluding hydrogens is 502 g/mol. The van der Waals surface area contributed by atoms with Crippen LogP contribution in [0.2, 0.25) is 0 Å². The number of anilines is 1. The van der Waals surface area contributed by atoms with Crippen molar-refractivity contribution in [3.63, 3.8) is 0 Å². The SMILES string of the molecule is Cn1cc(-c2ccc(CNc3cc(-c4cnc5cc(OCCN6CCC(F)(F)C6)ccn45)ncn3)cc2)cn1. The number of rotatable bonds is 9. The fourth-order valence-electron chi connectivity index (χ4n) is 4.70. The highest BCUT2D eigenvalue weighted by molar-refractivity contribution is 5.64. The molecule has 1 N–H and O–H groups in total. The third-order valence-electron chi connectivity index (χ3n) is 6.80. The number of aryl methyl sites for hydroxylation is 1. The van der Waals surface area contributed by atoms with Crippen LogP contribution in [0.3, 0.4) is 0 Å². The molecule has 0 atom stereocenters. The first kappa shape index (κ1) is 24.9. The van der Waals surface area contributed by atoms with Crippen LogP contribution in [0.15, 0.2) is 73.6 Å². The quantitative estimate of drug-likeness (QED) is 0.300. The molecule has 11 heteroatoms. The monoisotopic (exact) mass is 530 g/mol. The van der Waals surface area contributed by atoms with Gasteiger partial charge in [-0.2, -0.15) is 5.10 Å². The summed E-state index contributed by atoms with van der Waals surface area (Å²) in [6, 6.07) is 13.9. The maximum Gasteiger partial charge on any atom is 0.261 e. The molecule has 0 saturated carbocycles. The topological polar surface area (TPSA) is 85.4 Å². The summed E-state index contributed by atoms with van der Waals surface area (Å²) in [4.78, 5) is 15.0. The van der Waals surface area contributed by atoms with Crippen molar-refractivity contribution in [3.8, 4) is 28.3 Å². The van der Waals surface area contributed by atoms with E-state index in [4.69, 9.17) is 4.74 Å². The highest BCUT2D eigenvalue weighted by atomic mass is 19.3. The number of ether oxygens (including phenoxy) is 1. The number of alkyl halides is 2. The summed E-state index contributed by atoms with van der Waals surface area (Å²) >= 11 is 0. The Morgan fingerprint density at radius 1 is 1.03 bits per heavy atom. The number of aromatic nitrogens is 6. The number of halogens is 2. The highest BCUT2D eigenvalue weighted by Gasteiger charge is 2.37. The minimum absolute atomic E-state index is 0.0873. The van der Waals surface area contributed by atoms with Gasteiger partial charge in [-0.25, -0.2) is 23.7 Å². The molecule has 1 aromatic carbocycles. The number of benzene rings is 1. The Morgan fingerprint density at radius 3 is 2.67 bits per heavy atom. The van der Waals surface area contributed by atoms with Gasteiger partial charge in [0.25, 0.3) is 5.92 Å². The van der Waals surface area contributed by atoms with E-state index in [2.05, 4.69) is 49.6 Å². The van der Waals surface area contributed by atoms with Gasteiger partial charge in [0.1, 0.15) is 30.1 Å². The van der Waals surface area contributed by atoms with Gasteiger partial charge < -0.3 is 10.1 Å². The third kappa shape index (κ3) is 5.73. The molecule has 0 spiro atoms. The van der Waals surface area contributed by atoms with Crippen molar-refractivity contribution in [1.29, 1.82) is 0 Å². The van der Waals surface area contributed by atoms with Crippen LogP contribution in [0.5, 0.6) is 5.75 Å². The molecule has 1 saturated heterocycles. The fraction of sp³-hybridized carbons (Fsp3) is 0.286. The smallest absolute Gasteiger partial charge is 0.261 e. The van der Waals surface area contributed by atoms with Gasteiger partial charge in [0.15, 0.2) is 0 Å². The standard InChI is InChI=1S/C28H28F2N8O/c1-36-17-22(15-35-36)21-4-2-20(3-5-21)14-31-26-13-24(33-19-34-26)25-16-32-27-12-23(6-8-38(25)27)39-11-10-37-9-7-28(29,30)18-37/h2-6,8,12-13,15-17,19H,7,9-11,14,18H2,1H3,(H,31,33,34). The van der Waals surface area contributed by atoms with Crippen molar-refractivity contribution >= 4 is 11.5 Å². The second-order valence-corrected chi connectivity index (χ2v) is 9.71. The zero-order valence-electron chi connectivity index (χ0n) is 21.5. The van der Waals surface area contributed by atoms with E-state index < -0.39 is 5.92 Å². The molecule has 5 aromatic rings. The lowest BCUT2D eigenvalue weighted by Gasteiger charge is -2.15. The Hall–Kier alpha value is -4.38. The molecule has 1 aliphatic rings. The van der Waals surface area contributed by atoms with E-state index >= 15 is 0 Å². The molecule has 4 aromatic heterocycles. The van der Waals surface area contributed by atoms with E-state index in [0.29, 0.717) is 43.5 Å². The molecule has 9 nitrogen and oxygen atoms in total. The molecule has 200 valence electrons. The summed E-state index contributed by atoms with van der Waals surface area (Å²) in [5.74, 6) is -1.24. The Morgan fingerprint density at radius 2 is 1.90 bits per heavy atom. The van der Waals surface area contributed by atoms with Crippen LogP contribution in [-0.4, -0.2) is 66.2 Å². The lowest BCUT2D eigenvalue weighted by molar-refractivity contribution is 0.0113. The molecule has 0 aliphatic carbocycles. The average molecular weight is 531 g/mol. The predicted molar refractivity (Wildman–Crippen MR) is 144 cm³/mol. The molecule has 0 unspecified atom stereocenters. The largest absolute Gasteiger partial charge is 0.492 e. The molecule has 1 aliphatic heterocycles. The zero-order chi connectivity index (χ0) is 26.8. The van der Waals surface area contributed by atoms with Gasteiger partial charge in [0.05, 0.1) is 30.3 Å². The van der Waals surface area contributed by atoms with E-state index in [1.807, 2.05) is 48.2 Å². The second-order valence-electron chi connectivity index (χ2n) is 9.71. The van der Waals surface area contributed by atoms with Crippen LogP contribution in [0.4, 0.5) is 14.6 Å². The van der Waals surface area contributed by atoms with Gasteiger partial charge in [-0.3, -0.25) is 14.0 Å². The first-order valence-electron chi connectivity index (χ1n) is 12.8. The first-order chi connectivity index (χ1) is 18.9. The number of nitrogens with zero attached hydrogens (tertiary/aromatic N) is 7. The lowest BCUT2D eigenvalue weighted by Crippen LogP contribution is -2.29. The maximum absolute atomic E-state index is 13.4. The number of fused-ring (bicyclic) bond motifs is 1. The Kier molecular flexibility index (Phi) is 6.65. The van der Waals surface area contributed by atoms with Crippen molar-refractivity contribution in [2.45, 2.75) is 18.9 Å². The second kappa shape index (κ2) is 10.4. The first-order valence-corrected chi connectivity index (χ1v) is 12.8. The molecular formula is C28H28F2N8O. The summed E-state index contributed by atoms with van der Waals surface area (Å²) in [6.45, 7) is 1.62. The number of nitrogens with one attached hydrogen (secondary N) is 1. The van der Waals surface area contributed by atoms with Gasteiger partial charge in [-0.1, -0.05) is 24.3 Å². The Labute approximate surface area is 224 Å². The molecule has 0 amide bonds. The van der Waals surface area contributed by atoms with Gasteiger partial charge in [-0.05, 0) is 17.2 Å². The van der Waals surface area contributed by atoms with E-state index in [0.717, 1.165) is 28.1 Å². The van der Waals surface area contributed by atoms with E-state index in [9.17, 15) is 8.78 Å². The van der Waals surface area contributed by atoms with Crippen molar-refractivity contribution < 1.29 is 13.5 Å². The summed E-state index contributed by atoms with van der Waals surface area (Å²) in [7, 11) is 1.91. The number of hydrogen-bond acceptors (Lipinski definition) is 7. The van der Waals surface area contributed by atoms with Crippen LogP contribution in [0.25, 0.3) is 28.2 Å². The van der Waals surface area contributed by atoms with Crippen molar-refractivity contribution in [2.24, 2.45) is 7.05 Å². The van der Waals surface area contributed by atoms with Crippen molar-refractivity contribution in [2.75, 3.05) is 31.6 Å². The Balaban J connectivity index is 1.08. The highest BCUT2D eigenvalue weighted by Crippen LogP contribution is 2.27. The number of pyridine rings is 1. The van der Waals surface area contributed by atoms with Crippen LogP contribution in [-0.2, 0) is 13.6 Å². The molecule has 5 heterocycles. The van der Waals surface area contributed by atoms with Gasteiger partial charge in [0, 0.05) is 63.2 Å². The number of likely N-dealkylation sites (tertiary alicyclic amines) is 1. The molecule has 39 heavy (non-hydrogen) atoms. The van der Waals surface area contributed by atoms with E-state index in [-0.39, 0.29) is 13.0 Å². The maximum atomic E-state index is 13.4. The molecule has 6 rings (SSSR count). The summed E-state index contributed by atoms with van der Waals surface area (Å²) < 4.78 is 36.3. The minimum Gasteiger partial charge on any atom is -0.492 e. The predicted octanol–water partition coefficient (Wildman–Crippen LogP) is 4.52.